The molecule has 1 saturated carbocycles. The van der Waals surface area contributed by atoms with Crippen LogP contribution in [0.1, 0.15) is 30.9 Å². The highest BCUT2D eigenvalue weighted by Gasteiger charge is 2.23. The first kappa shape index (κ1) is 13.4. The predicted octanol–water partition coefficient (Wildman–Crippen LogP) is 4.40. The maximum atomic E-state index is 5.83. The average Bonchev–Trinajstić information content (AvgIpc) is 2.78. The molecule has 0 spiro atoms. The van der Waals surface area contributed by atoms with E-state index in [4.69, 9.17) is 28.2 Å². The Kier molecular flexibility index (Phi) is 3.89. The summed E-state index contributed by atoms with van der Waals surface area (Å²) < 4.78 is 5.64. The number of hydrogen-bond acceptors (Lipinski definition) is 3. The van der Waals surface area contributed by atoms with E-state index in [1.54, 1.807) is 18.3 Å². The monoisotopic (exact) mass is 307 g/mol. The number of rotatable bonds is 3. The first-order valence-electron chi connectivity index (χ1n) is 6.50. The molecule has 1 aromatic carbocycles. The number of nitrogens with one attached hydrogen (secondary N) is 2. The summed E-state index contributed by atoms with van der Waals surface area (Å²) in [4.78, 5) is 4.19. The van der Waals surface area contributed by atoms with Gasteiger partial charge in [0.2, 0.25) is 0 Å². The van der Waals surface area contributed by atoms with E-state index in [1.165, 1.54) is 19.3 Å². The lowest BCUT2D eigenvalue weighted by Gasteiger charge is -2.22. The van der Waals surface area contributed by atoms with Crippen molar-refractivity contribution in [2.24, 2.45) is 0 Å². The Labute approximate surface area is 127 Å². The molecule has 4 nitrogen and oxygen atoms in total. The van der Waals surface area contributed by atoms with E-state index in [-0.39, 0.29) is 0 Å². The standard InChI is InChI=1S/C14H14ClN3OS/c15-10-4-6-11(7-5-10)17-14(20)18-13-16-8-12(19-13)9-2-1-3-9/h4-9H,1-3H2,(H2,16,17,18,20). The van der Waals surface area contributed by atoms with Crippen molar-refractivity contribution in [2.75, 3.05) is 10.6 Å². The van der Waals surface area contributed by atoms with E-state index in [2.05, 4.69) is 15.6 Å². The van der Waals surface area contributed by atoms with E-state index in [0.29, 0.717) is 22.1 Å². The fraction of sp³-hybridized carbons (Fsp3) is 0.286. The van der Waals surface area contributed by atoms with Crippen molar-refractivity contribution in [3.63, 3.8) is 0 Å². The van der Waals surface area contributed by atoms with E-state index in [0.717, 1.165) is 11.4 Å². The topological polar surface area (TPSA) is 50.1 Å². The molecule has 1 aliphatic carbocycles. The van der Waals surface area contributed by atoms with E-state index in [1.807, 2.05) is 12.1 Å². The minimum atomic E-state index is 0.429. The third kappa shape index (κ3) is 3.11. The van der Waals surface area contributed by atoms with Crippen molar-refractivity contribution >= 4 is 40.6 Å². The molecule has 6 heteroatoms. The normalized spacial score (nSPS) is 14.7. The zero-order chi connectivity index (χ0) is 13.9. The maximum Gasteiger partial charge on any atom is 0.301 e. The second-order valence-electron chi connectivity index (χ2n) is 4.78. The minimum absolute atomic E-state index is 0.429. The average molecular weight is 308 g/mol. The van der Waals surface area contributed by atoms with Crippen LogP contribution in [0.5, 0.6) is 0 Å². The van der Waals surface area contributed by atoms with Gasteiger partial charge in [0.05, 0.1) is 6.20 Å². The molecule has 104 valence electrons. The van der Waals surface area contributed by atoms with Crippen LogP contribution in [0.3, 0.4) is 0 Å². The molecule has 20 heavy (non-hydrogen) atoms. The van der Waals surface area contributed by atoms with Gasteiger partial charge in [0.25, 0.3) is 0 Å². The summed E-state index contributed by atoms with van der Waals surface area (Å²) in [6, 6.07) is 7.73. The van der Waals surface area contributed by atoms with Gasteiger partial charge in [0.15, 0.2) is 5.11 Å². The SMILES string of the molecule is S=C(Nc1ccc(Cl)cc1)Nc1ncc(C2CCC2)o1. The van der Waals surface area contributed by atoms with Crippen LogP contribution in [-0.4, -0.2) is 10.1 Å². The zero-order valence-corrected chi connectivity index (χ0v) is 12.3. The van der Waals surface area contributed by atoms with Crippen LogP contribution in [0.4, 0.5) is 11.7 Å². The summed E-state index contributed by atoms with van der Waals surface area (Å²) >= 11 is 11.0. The summed E-state index contributed by atoms with van der Waals surface area (Å²) in [7, 11) is 0. The van der Waals surface area contributed by atoms with Crippen LogP contribution in [0.15, 0.2) is 34.9 Å². The number of aromatic nitrogens is 1. The minimum Gasteiger partial charge on any atom is -0.428 e. The molecule has 2 aromatic rings. The van der Waals surface area contributed by atoms with Crippen LogP contribution in [0.25, 0.3) is 0 Å². The number of oxazole rings is 1. The Bertz CT molecular complexity index is 607. The van der Waals surface area contributed by atoms with Crippen molar-refractivity contribution in [2.45, 2.75) is 25.2 Å². The fourth-order valence-electron chi connectivity index (χ4n) is 2.02. The van der Waals surface area contributed by atoms with Gasteiger partial charge in [-0.2, -0.15) is 0 Å². The number of nitrogens with zero attached hydrogens (tertiary/aromatic N) is 1. The van der Waals surface area contributed by atoms with Crippen molar-refractivity contribution in [3.8, 4) is 0 Å². The third-order valence-corrected chi connectivity index (χ3v) is 3.81. The molecule has 0 atom stereocenters. The van der Waals surface area contributed by atoms with Crippen LogP contribution in [-0.2, 0) is 0 Å². The van der Waals surface area contributed by atoms with Gasteiger partial charge in [-0.15, -0.1) is 0 Å². The molecular weight excluding hydrogens is 294 g/mol. The predicted molar refractivity (Wildman–Crippen MR) is 84.4 cm³/mol. The second kappa shape index (κ2) is 5.81. The Morgan fingerprint density at radius 2 is 2.00 bits per heavy atom. The van der Waals surface area contributed by atoms with Gasteiger partial charge in [-0.05, 0) is 49.3 Å². The van der Waals surface area contributed by atoms with E-state index in [9.17, 15) is 0 Å². The van der Waals surface area contributed by atoms with Gasteiger partial charge >= 0.3 is 6.01 Å². The van der Waals surface area contributed by atoms with E-state index < -0.39 is 0 Å². The molecule has 2 N–H and O–H groups in total. The number of anilines is 2. The molecule has 0 unspecified atom stereocenters. The largest absolute Gasteiger partial charge is 0.428 e. The number of halogens is 1. The summed E-state index contributed by atoms with van der Waals surface area (Å²) in [5.74, 6) is 1.46. The molecule has 0 aliphatic heterocycles. The Morgan fingerprint density at radius 1 is 1.25 bits per heavy atom. The van der Waals surface area contributed by atoms with Crippen LogP contribution >= 0.6 is 23.8 Å². The maximum absolute atomic E-state index is 5.83. The second-order valence-corrected chi connectivity index (χ2v) is 5.63. The highest BCUT2D eigenvalue weighted by Crippen LogP contribution is 2.37. The lowest BCUT2D eigenvalue weighted by molar-refractivity contribution is 0.351. The van der Waals surface area contributed by atoms with Crippen molar-refractivity contribution in [1.29, 1.82) is 0 Å². The Hall–Kier alpha value is -1.59. The van der Waals surface area contributed by atoms with Crippen molar-refractivity contribution < 1.29 is 4.42 Å². The summed E-state index contributed by atoms with van der Waals surface area (Å²) in [6.45, 7) is 0. The number of hydrogen-bond donors (Lipinski definition) is 2. The molecule has 1 aromatic heterocycles. The fourth-order valence-corrected chi connectivity index (χ4v) is 2.35. The summed E-state index contributed by atoms with van der Waals surface area (Å²) in [5.41, 5.74) is 0.859. The summed E-state index contributed by atoms with van der Waals surface area (Å²) in [6.07, 6.45) is 5.41. The quantitative estimate of drug-likeness (QED) is 0.823. The van der Waals surface area contributed by atoms with Crippen LogP contribution < -0.4 is 10.6 Å². The number of thiocarbonyl (C=S) groups is 1. The zero-order valence-electron chi connectivity index (χ0n) is 10.7. The van der Waals surface area contributed by atoms with Crippen molar-refractivity contribution in [1.82, 2.24) is 4.98 Å². The molecule has 3 rings (SSSR count). The third-order valence-electron chi connectivity index (χ3n) is 3.35. The van der Waals surface area contributed by atoms with Gasteiger partial charge in [0, 0.05) is 16.6 Å². The Balaban J connectivity index is 1.58. The lowest BCUT2D eigenvalue weighted by atomic mass is 9.84. The smallest absolute Gasteiger partial charge is 0.301 e. The molecule has 1 heterocycles. The first-order chi connectivity index (χ1) is 9.70. The van der Waals surface area contributed by atoms with Gasteiger partial charge in [0.1, 0.15) is 5.76 Å². The van der Waals surface area contributed by atoms with Gasteiger partial charge in [-0.25, -0.2) is 4.98 Å². The number of benzene rings is 1. The van der Waals surface area contributed by atoms with Crippen LogP contribution in [0, 0.1) is 0 Å². The molecule has 0 radical (unpaired) electrons. The van der Waals surface area contributed by atoms with Crippen LogP contribution in [0.2, 0.25) is 5.02 Å². The molecule has 1 fully saturated rings. The highest BCUT2D eigenvalue weighted by molar-refractivity contribution is 7.80. The van der Waals surface area contributed by atoms with E-state index >= 15 is 0 Å². The van der Waals surface area contributed by atoms with Crippen molar-refractivity contribution in [3.05, 3.63) is 41.2 Å². The molecular formula is C14H14ClN3OS. The molecule has 1 aliphatic rings. The molecule has 0 amide bonds. The first-order valence-corrected chi connectivity index (χ1v) is 7.28. The highest BCUT2D eigenvalue weighted by atomic mass is 35.5. The van der Waals surface area contributed by atoms with Gasteiger partial charge in [-0.1, -0.05) is 18.0 Å². The molecule has 0 bridgehead atoms. The Morgan fingerprint density at radius 3 is 2.65 bits per heavy atom. The van der Waals surface area contributed by atoms with Gasteiger partial charge < -0.3 is 9.73 Å². The summed E-state index contributed by atoms with van der Waals surface area (Å²) in [5, 5.41) is 7.11. The molecule has 0 saturated heterocycles. The lowest BCUT2D eigenvalue weighted by Crippen LogP contribution is -2.19. The van der Waals surface area contributed by atoms with Gasteiger partial charge in [-0.3, -0.25) is 5.32 Å².